The lowest BCUT2D eigenvalue weighted by molar-refractivity contribution is -0.115. The van der Waals surface area contributed by atoms with Crippen molar-refractivity contribution >= 4 is 23.0 Å². The molecule has 0 aliphatic rings. The highest BCUT2D eigenvalue weighted by Gasteiger charge is 2.08. The van der Waals surface area contributed by atoms with E-state index in [4.69, 9.17) is 0 Å². The van der Waals surface area contributed by atoms with Gasteiger partial charge in [-0.05, 0) is 42.0 Å². The minimum Gasteiger partial charge on any atom is -0.324 e. The largest absolute Gasteiger partial charge is 0.324 e. The van der Waals surface area contributed by atoms with E-state index in [9.17, 15) is 4.79 Å². The second kappa shape index (κ2) is 6.00. The SMILES string of the molecule is O=C(Cc1ccc(-n2cccc2)cc1)Nc1nc2ncccc2[nH]1. The van der Waals surface area contributed by atoms with E-state index in [1.807, 2.05) is 65.5 Å². The first kappa shape index (κ1) is 14.2. The van der Waals surface area contributed by atoms with E-state index in [1.165, 1.54) is 0 Å². The second-order valence-electron chi connectivity index (χ2n) is 5.44. The van der Waals surface area contributed by atoms with Gasteiger partial charge in [-0.2, -0.15) is 4.98 Å². The number of nitrogens with zero attached hydrogens (tertiary/aromatic N) is 3. The predicted octanol–water partition coefficient (Wildman–Crippen LogP) is 2.93. The lowest BCUT2D eigenvalue weighted by Crippen LogP contribution is -2.15. The molecule has 0 saturated heterocycles. The molecular weight excluding hydrogens is 302 g/mol. The summed E-state index contributed by atoms with van der Waals surface area (Å²) in [7, 11) is 0. The summed E-state index contributed by atoms with van der Waals surface area (Å²) in [5, 5.41) is 2.77. The number of imidazole rings is 1. The molecule has 6 nitrogen and oxygen atoms in total. The van der Waals surface area contributed by atoms with Gasteiger partial charge in [-0.25, -0.2) is 4.98 Å². The molecule has 1 aromatic carbocycles. The van der Waals surface area contributed by atoms with Crippen LogP contribution in [0.2, 0.25) is 0 Å². The Hall–Kier alpha value is -3.41. The van der Waals surface area contributed by atoms with Crippen LogP contribution in [-0.4, -0.2) is 25.4 Å². The van der Waals surface area contributed by atoms with Gasteiger partial charge in [0, 0.05) is 24.3 Å². The number of carbonyl (C=O) groups is 1. The molecule has 0 spiro atoms. The summed E-state index contributed by atoms with van der Waals surface area (Å²) in [6.45, 7) is 0. The number of fused-ring (bicyclic) bond motifs is 1. The van der Waals surface area contributed by atoms with Crippen LogP contribution in [0.25, 0.3) is 16.9 Å². The van der Waals surface area contributed by atoms with Crippen molar-refractivity contribution in [2.45, 2.75) is 6.42 Å². The Kier molecular flexibility index (Phi) is 3.55. The molecule has 0 bridgehead atoms. The zero-order valence-electron chi connectivity index (χ0n) is 12.8. The molecule has 0 saturated carbocycles. The fourth-order valence-corrected chi connectivity index (χ4v) is 2.56. The number of aromatic nitrogens is 4. The van der Waals surface area contributed by atoms with Crippen LogP contribution in [0.5, 0.6) is 0 Å². The van der Waals surface area contributed by atoms with Crippen LogP contribution >= 0.6 is 0 Å². The summed E-state index contributed by atoms with van der Waals surface area (Å²) in [5.41, 5.74) is 3.39. The predicted molar refractivity (Wildman–Crippen MR) is 92.0 cm³/mol. The van der Waals surface area contributed by atoms with Crippen molar-refractivity contribution in [2.24, 2.45) is 0 Å². The summed E-state index contributed by atoms with van der Waals surface area (Å²) in [6, 6.07) is 15.5. The molecular formula is C18H15N5O. The van der Waals surface area contributed by atoms with E-state index in [1.54, 1.807) is 6.20 Å². The molecule has 0 radical (unpaired) electrons. The zero-order valence-corrected chi connectivity index (χ0v) is 12.8. The first-order valence-corrected chi connectivity index (χ1v) is 7.61. The second-order valence-corrected chi connectivity index (χ2v) is 5.44. The molecule has 3 aromatic heterocycles. The number of benzene rings is 1. The van der Waals surface area contributed by atoms with E-state index in [0.717, 1.165) is 16.8 Å². The Bertz CT molecular complexity index is 937. The van der Waals surface area contributed by atoms with E-state index < -0.39 is 0 Å². The summed E-state index contributed by atoms with van der Waals surface area (Å²) < 4.78 is 2.02. The average Bonchev–Trinajstić information content (AvgIpc) is 3.24. The maximum absolute atomic E-state index is 12.2. The van der Waals surface area contributed by atoms with E-state index >= 15 is 0 Å². The Balaban J connectivity index is 1.44. The van der Waals surface area contributed by atoms with Crippen molar-refractivity contribution in [2.75, 3.05) is 5.32 Å². The van der Waals surface area contributed by atoms with Crippen LogP contribution in [0.15, 0.2) is 67.1 Å². The molecule has 3 heterocycles. The topological polar surface area (TPSA) is 75.6 Å². The third kappa shape index (κ3) is 2.89. The van der Waals surface area contributed by atoms with Gasteiger partial charge in [-0.3, -0.25) is 10.1 Å². The fourth-order valence-electron chi connectivity index (χ4n) is 2.56. The number of anilines is 1. The molecule has 6 heteroatoms. The number of nitrogens with one attached hydrogen (secondary N) is 2. The van der Waals surface area contributed by atoms with Crippen molar-refractivity contribution in [3.05, 3.63) is 72.7 Å². The van der Waals surface area contributed by atoms with Gasteiger partial charge < -0.3 is 9.55 Å². The van der Waals surface area contributed by atoms with Crippen LogP contribution in [0, 0.1) is 0 Å². The van der Waals surface area contributed by atoms with Gasteiger partial charge in [0.05, 0.1) is 11.9 Å². The normalized spacial score (nSPS) is 10.8. The van der Waals surface area contributed by atoms with E-state index in [2.05, 4.69) is 20.3 Å². The summed E-state index contributed by atoms with van der Waals surface area (Å²) in [5.74, 6) is 0.292. The van der Waals surface area contributed by atoms with Crippen molar-refractivity contribution in [3.8, 4) is 5.69 Å². The van der Waals surface area contributed by atoms with Gasteiger partial charge in [0.25, 0.3) is 0 Å². The van der Waals surface area contributed by atoms with Crippen molar-refractivity contribution < 1.29 is 4.79 Å². The molecule has 0 fully saturated rings. The number of hydrogen-bond acceptors (Lipinski definition) is 3. The minimum atomic E-state index is -0.122. The van der Waals surface area contributed by atoms with Crippen molar-refractivity contribution in [1.82, 2.24) is 19.5 Å². The standard InChI is InChI=1S/C18H15N5O/c24-16(21-18-20-15-4-3-9-19-17(15)22-18)12-13-5-7-14(8-6-13)23-10-1-2-11-23/h1-11H,12H2,(H2,19,20,21,22,24). The summed E-state index contributed by atoms with van der Waals surface area (Å²) >= 11 is 0. The van der Waals surface area contributed by atoms with Crippen LogP contribution in [-0.2, 0) is 11.2 Å². The zero-order chi connectivity index (χ0) is 16.4. The lowest BCUT2D eigenvalue weighted by atomic mass is 10.1. The van der Waals surface area contributed by atoms with E-state index in [-0.39, 0.29) is 12.3 Å². The van der Waals surface area contributed by atoms with Gasteiger partial charge in [0.15, 0.2) is 5.65 Å². The Labute approximate surface area is 138 Å². The molecule has 0 aliphatic heterocycles. The Morgan fingerprint density at radius 3 is 2.62 bits per heavy atom. The lowest BCUT2D eigenvalue weighted by Gasteiger charge is -2.05. The number of H-pyrrole nitrogens is 1. The van der Waals surface area contributed by atoms with Gasteiger partial charge in [0.2, 0.25) is 11.9 Å². The minimum absolute atomic E-state index is 0.122. The fraction of sp³-hybridized carbons (Fsp3) is 0.0556. The maximum Gasteiger partial charge on any atom is 0.231 e. The molecule has 0 unspecified atom stereocenters. The van der Waals surface area contributed by atoms with E-state index in [0.29, 0.717) is 11.6 Å². The highest BCUT2D eigenvalue weighted by molar-refractivity contribution is 5.92. The smallest absolute Gasteiger partial charge is 0.231 e. The number of pyridine rings is 1. The van der Waals surface area contributed by atoms with Crippen LogP contribution < -0.4 is 5.32 Å². The van der Waals surface area contributed by atoms with Crippen LogP contribution in [0.1, 0.15) is 5.56 Å². The third-order valence-electron chi connectivity index (χ3n) is 3.72. The summed E-state index contributed by atoms with van der Waals surface area (Å²) in [4.78, 5) is 23.6. The molecule has 2 N–H and O–H groups in total. The van der Waals surface area contributed by atoms with Crippen molar-refractivity contribution in [3.63, 3.8) is 0 Å². The third-order valence-corrected chi connectivity index (χ3v) is 3.72. The highest BCUT2D eigenvalue weighted by atomic mass is 16.1. The first-order chi connectivity index (χ1) is 11.8. The number of aromatic amines is 1. The Morgan fingerprint density at radius 2 is 1.88 bits per heavy atom. The number of carbonyl (C=O) groups excluding carboxylic acids is 1. The molecule has 1 amide bonds. The monoisotopic (exact) mass is 317 g/mol. The molecule has 4 rings (SSSR count). The Morgan fingerprint density at radius 1 is 1.08 bits per heavy atom. The summed E-state index contributed by atoms with van der Waals surface area (Å²) in [6.07, 6.45) is 5.92. The highest BCUT2D eigenvalue weighted by Crippen LogP contribution is 2.13. The van der Waals surface area contributed by atoms with Crippen molar-refractivity contribution in [1.29, 1.82) is 0 Å². The van der Waals surface area contributed by atoms with Gasteiger partial charge in [-0.1, -0.05) is 12.1 Å². The number of amides is 1. The molecule has 24 heavy (non-hydrogen) atoms. The van der Waals surface area contributed by atoms with Gasteiger partial charge >= 0.3 is 0 Å². The first-order valence-electron chi connectivity index (χ1n) is 7.61. The molecule has 4 aromatic rings. The average molecular weight is 317 g/mol. The van der Waals surface area contributed by atoms with Crippen LogP contribution in [0.3, 0.4) is 0 Å². The molecule has 0 atom stereocenters. The molecule has 0 aliphatic carbocycles. The number of hydrogen-bond donors (Lipinski definition) is 2. The van der Waals surface area contributed by atoms with Gasteiger partial charge in [-0.15, -0.1) is 0 Å². The number of rotatable bonds is 4. The van der Waals surface area contributed by atoms with Crippen LogP contribution in [0.4, 0.5) is 5.95 Å². The molecule has 118 valence electrons. The maximum atomic E-state index is 12.2. The quantitative estimate of drug-likeness (QED) is 0.607. The van der Waals surface area contributed by atoms with Gasteiger partial charge in [0.1, 0.15) is 0 Å².